The maximum absolute atomic E-state index is 5.54. The summed E-state index contributed by atoms with van der Waals surface area (Å²) in [5.41, 5.74) is 0. The molecule has 0 amide bonds. The highest BCUT2D eigenvalue weighted by Crippen LogP contribution is 2.28. The lowest BCUT2D eigenvalue weighted by molar-refractivity contribution is 0.0579. The van der Waals surface area contributed by atoms with Crippen molar-refractivity contribution in [1.82, 2.24) is 5.32 Å². The van der Waals surface area contributed by atoms with Gasteiger partial charge < -0.3 is 10.1 Å². The number of fused-ring (bicyclic) bond motifs is 1. The Balaban J connectivity index is 1.93. The van der Waals surface area contributed by atoms with Crippen molar-refractivity contribution in [2.24, 2.45) is 0 Å². The van der Waals surface area contributed by atoms with Crippen LogP contribution < -0.4 is 5.32 Å². The standard InChI is InChI=1S/C8H14NO/c1-2-4-8-7(3-1)9-5-6-10-8/h7,9H,1-6H2. The highest BCUT2D eigenvalue weighted by atomic mass is 16.5. The van der Waals surface area contributed by atoms with Crippen molar-refractivity contribution in [2.75, 3.05) is 13.2 Å². The van der Waals surface area contributed by atoms with Crippen LogP contribution in [0.15, 0.2) is 0 Å². The van der Waals surface area contributed by atoms with E-state index in [9.17, 15) is 0 Å². The second-order valence-electron chi connectivity index (χ2n) is 3.07. The highest BCUT2D eigenvalue weighted by Gasteiger charge is 2.28. The topological polar surface area (TPSA) is 21.3 Å². The van der Waals surface area contributed by atoms with Gasteiger partial charge in [0.15, 0.2) is 0 Å². The second-order valence-corrected chi connectivity index (χ2v) is 3.07. The largest absolute Gasteiger partial charge is 0.369 e. The number of nitrogens with one attached hydrogen (secondary N) is 1. The minimum absolute atomic E-state index is 0.600. The minimum Gasteiger partial charge on any atom is -0.369 e. The molecule has 2 heteroatoms. The number of rotatable bonds is 0. The van der Waals surface area contributed by atoms with Gasteiger partial charge in [-0.3, -0.25) is 0 Å². The molecule has 1 atom stereocenters. The maximum atomic E-state index is 5.54. The van der Waals surface area contributed by atoms with Gasteiger partial charge in [0.1, 0.15) is 6.10 Å². The van der Waals surface area contributed by atoms with Crippen LogP contribution in [0.1, 0.15) is 25.7 Å². The van der Waals surface area contributed by atoms with E-state index >= 15 is 0 Å². The molecule has 1 unspecified atom stereocenters. The molecule has 0 aromatic carbocycles. The first-order chi connectivity index (χ1) is 4.97. The molecule has 2 rings (SSSR count). The van der Waals surface area contributed by atoms with E-state index in [1.54, 1.807) is 0 Å². The third-order valence-electron chi connectivity index (χ3n) is 2.33. The molecule has 1 saturated heterocycles. The lowest BCUT2D eigenvalue weighted by Gasteiger charge is -2.35. The Morgan fingerprint density at radius 1 is 1.40 bits per heavy atom. The Morgan fingerprint density at radius 2 is 2.40 bits per heavy atom. The van der Waals surface area contributed by atoms with Crippen molar-refractivity contribution in [2.45, 2.75) is 31.7 Å². The van der Waals surface area contributed by atoms with Crippen LogP contribution in [0.4, 0.5) is 0 Å². The quantitative estimate of drug-likeness (QED) is 0.543. The summed E-state index contributed by atoms with van der Waals surface area (Å²) < 4.78 is 5.54. The first-order valence-corrected chi connectivity index (χ1v) is 4.19. The number of hydrogen-bond donors (Lipinski definition) is 1. The van der Waals surface area contributed by atoms with Gasteiger partial charge in [-0.2, -0.15) is 0 Å². The van der Waals surface area contributed by atoms with E-state index in [1.807, 2.05) is 0 Å². The van der Waals surface area contributed by atoms with Crippen LogP contribution in [-0.2, 0) is 4.74 Å². The zero-order valence-electron chi connectivity index (χ0n) is 6.23. The molecule has 1 aliphatic heterocycles. The average molecular weight is 140 g/mol. The summed E-state index contributed by atoms with van der Waals surface area (Å²) in [6.07, 6.45) is 6.49. The molecule has 1 saturated carbocycles. The summed E-state index contributed by atoms with van der Waals surface area (Å²) >= 11 is 0. The van der Waals surface area contributed by atoms with Crippen LogP contribution in [0.3, 0.4) is 0 Å². The van der Waals surface area contributed by atoms with E-state index in [0.29, 0.717) is 6.04 Å². The smallest absolute Gasteiger partial charge is 0.114 e. The number of hydrogen-bond acceptors (Lipinski definition) is 2. The van der Waals surface area contributed by atoms with Crippen molar-refractivity contribution >= 4 is 0 Å². The molecule has 0 bridgehead atoms. The van der Waals surface area contributed by atoms with E-state index in [0.717, 1.165) is 13.2 Å². The molecule has 10 heavy (non-hydrogen) atoms. The molecule has 2 fully saturated rings. The Labute approximate surface area is 61.9 Å². The van der Waals surface area contributed by atoms with Crippen LogP contribution in [0, 0.1) is 6.10 Å². The molecule has 1 N–H and O–H groups in total. The molecule has 1 heterocycles. The molecule has 57 valence electrons. The highest BCUT2D eigenvalue weighted by molar-refractivity contribution is 4.98. The summed E-state index contributed by atoms with van der Waals surface area (Å²) in [5.74, 6) is 0. The van der Waals surface area contributed by atoms with Gasteiger partial charge in [0, 0.05) is 12.6 Å². The fourth-order valence-electron chi connectivity index (χ4n) is 1.79. The fraction of sp³-hybridized carbons (Fsp3) is 0.875. The summed E-state index contributed by atoms with van der Waals surface area (Å²) in [6.45, 7) is 1.92. The van der Waals surface area contributed by atoms with E-state index < -0.39 is 0 Å². The van der Waals surface area contributed by atoms with E-state index in [4.69, 9.17) is 4.74 Å². The Hall–Kier alpha value is -0.0800. The molecule has 0 spiro atoms. The monoisotopic (exact) mass is 140 g/mol. The SMILES string of the molecule is C1CCC2NCCO[C]2C1. The predicted octanol–water partition coefficient (Wildman–Crippen LogP) is 1.08. The Kier molecular flexibility index (Phi) is 1.91. The molecule has 2 nitrogen and oxygen atoms in total. The van der Waals surface area contributed by atoms with Gasteiger partial charge in [-0.15, -0.1) is 0 Å². The van der Waals surface area contributed by atoms with Gasteiger partial charge >= 0.3 is 0 Å². The van der Waals surface area contributed by atoms with Crippen molar-refractivity contribution < 1.29 is 4.74 Å². The Morgan fingerprint density at radius 3 is 3.30 bits per heavy atom. The lowest BCUT2D eigenvalue weighted by atomic mass is 9.92. The third-order valence-corrected chi connectivity index (χ3v) is 2.33. The average Bonchev–Trinajstić information content (AvgIpc) is 2.05. The molecule has 1 aliphatic carbocycles. The molecule has 2 aliphatic rings. The van der Waals surface area contributed by atoms with Crippen LogP contribution in [-0.4, -0.2) is 19.2 Å². The van der Waals surface area contributed by atoms with Crippen molar-refractivity contribution in [3.8, 4) is 0 Å². The van der Waals surface area contributed by atoms with E-state index in [-0.39, 0.29) is 0 Å². The van der Waals surface area contributed by atoms with Gasteiger partial charge in [0.2, 0.25) is 0 Å². The van der Waals surface area contributed by atoms with Crippen LogP contribution >= 0.6 is 0 Å². The zero-order valence-corrected chi connectivity index (χ0v) is 6.23. The van der Waals surface area contributed by atoms with Gasteiger partial charge in [-0.05, 0) is 12.8 Å². The summed E-state index contributed by atoms with van der Waals surface area (Å²) in [5, 5.41) is 3.46. The van der Waals surface area contributed by atoms with Crippen molar-refractivity contribution in [1.29, 1.82) is 0 Å². The maximum Gasteiger partial charge on any atom is 0.114 e. The van der Waals surface area contributed by atoms with E-state index in [2.05, 4.69) is 5.32 Å². The molecule has 0 aromatic rings. The van der Waals surface area contributed by atoms with Crippen molar-refractivity contribution in [3.63, 3.8) is 0 Å². The third kappa shape index (κ3) is 1.18. The van der Waals surface area contributed by atoms with Gasteiger partial charge in [-0.1, -0.05) is 12.8 Å². The zero-order chi connectivity index (χ0) is 6.81. The van der Waals surface area contributed by atoms with Gasteiger partial charge in [0.05, 0.1) is 6.61 Å². The second kappa shape index (κ2) is 2.89. The minimum atomic E-state index is 0.600. The van der Waals surface area contributed by atoms with Crippen LogP contribution in [0.25, 0.3) is 0 Å². The van der Waals surface area contributed by atoms with Crippen LogP contribution in [0.5, 0.6) is 0 Å². The molecule has 1 radical (unpaired) electrons. The first-order valence-electron chi connectivity index (χ1n) is 4.19. The lowest BCUT2D eigenvalue weighted by Crippen LogP contribution is -2.45. The fourth-order valence-corrected chi connectivity index (χ4v) is 1.79. The molecular weight excluding hydrogens is 126 g/mol. The Bertz CT molecular complexity index is 89.8. The van der Waals surface area contributed by atoms with Gasteiger partial charge in [0.25, 0.3) is 0 Å². The van der Waals surface area contributed by atoms with E-state index in [1.165, 1.54) is 31.8 Å². The number of ether oxygens (including phenoxy) is 1. The van der Waals surface area contributed by atoms with Gasteiger partial charge in [-0.25, -0.2) is 0 Å². The van der Waals surface area contributed by atoms with Crippen molar-refractivity contribution in [3.05, 3.63) is 6.10 Å². The summed E-state index contributed by atoms with van der Waals surface area (Å²) in [6, 6.07) is 0.600. The molecular formula is C8H14NO. The number of morpholine rings is 1. The summed E-state index contributed by atoms with van der Waals surface area (Å²) in [4.78, 5) is 0. The summed E-state index contributed by atoms with van der Waals surface area (Å²) in [7, 11) is 0. The first kappa shape index (κ1) is 6.62. The molecule has 0 aromatic heterocycles. The predicted molar refractivity (Wildman–Crippen MR) is 39.5 cm³/mol. The van der Waals surface area contributed by atoms with Crippen LogP contribution in [0.2, 0.25) is 0 Å². The normalized spacial score (nSPS) is 35.4.